The fraction of sp³-hybridized carbons (Fsp3) is 0.476. The summed E-state index contributed by atoms with van der Waals surface area (Å²) in [5, 5.41) is 12.3. The van der Waals surface area contributed by atoms with Crippen LogP contribution in [0.1, 0.15) is 46.4 Å². The normalized spacial score (nSPS) is 13.3. The highest BCUT2D eigenvalue weighted by atomic mass is 35.5. The summed E-state index contributed by atoms with van der Waals surface area (Å²) in [7, 11) is 1.56. The van der Waals surface area contributed by atoms with Crippen LogP contribution in [0.5, 0.6) is 5.75 Å². The molecule has 0 amide bonds. The third kappa shape index (κ3) is 6.62. The van der Waals surface area contributed by atoms with E-state index in [0.29, 0.717) is 16.5 Å². The second-order valence-corrected chi connectivity index (χ2v) is 10.4. The average molecular weight is 434 g/mol. The van der Waals surface area contributed by atoms with Crippen molar-refractivity contribution in [2.45, 2.75) is 53.5 Å². The highest BCUT2D eigenvalue weighted by molar-refractivity contribution is 7.09. The minimum atomic E-state index is -0.00574. The molecular formula is C21H28ClN5OS. The first-order valence-electron chi connectivity index (χ1n) is 9.26. The van der Waals surface area contributed by atoms with E-state index < -0.39 is 0 Å². The maximum atomic E-state index is 9.20. The Labute approximate surface area is 181 Å². The van der Waals surface area contributed by atoms with E-state index in [1.54, 1.807) is 36.6 Å². The number of methoxy groups -OCH3 is 1. The molecule has 0 saturated carbocycles. The number of benzene rings is 1. The van der Waals surface area contributed by atoms with Crippen LogP contribution in [0.15, 0.2) is 34.4 Å². The van der Waals surface area contributed by atoms with Crippen LogP contribution in [0.2, 0.25) is 5.02 Å². The summed E-state index contributed by atoms with van der Waals surface area (Å²) in [6.07, 6.45) is 4.05. The van der Waals surface area contributed by atoms with Crippen molar-refractivity contribution in [2.24, 2.45) is 15.4 Å². The van der Waals surface area contributed by atoms with Gasteiger partial charge in [0.15, 0.2) is 11.0 Å². The number of nitrogens with one attached hydrogen (secondary N) is 1. The van der Waals surface area contributed by atoms with Gasteiger partial charge in [0.25, 0.3) is 0 Å². The third-order valence-corrected chi connectivity index (χ3v) is 5.52. The Kier molecular flexibility index (Phi) is 7.15. The minimum absolute atomic E-state index is 0.00574. The van der Waals surface area contributed by atoms with Crippen LogP contribution in [-0.4, -0.2) is 17.6 Å². The summed E-state index contributed by atoms with van der Waals surface area (Å²) in [5.41, 5.74) is 0.562. The predicted octanol–water partition coefficient (Wildman–Crippen LogP) is 5.21. The molecule has 1 heterocycles. The largest absolute Gasteiger partial charge is 0.494 e. The van der Waals surface area contributed by atoms with Gasteiger partial charge in [-0.05, 0) is 29.0 Å². The number of halogens is 1. The molecule has 0 spiro atoms. The van der Waals surface area contributed by atoms with E-state index in [-0.39, 0.29) is 16.8 Å². The lowest BCUT2D eigenvalue weighted by Crippen LogP contribution is -2.26. The fourth-order valence-electron chi connectivity index (χ4n) is 2.52. The van der Waals surface area contributed by atoms with Gasteiger partial charge in [0.2, 0.25) is 5.96 Å². The zero-order chi connectivity index (χ0) is 21.8. The van der Waals surface area contributed by atoms with Crippen molar-refractivity contribution in [1.29, 1.82) is 5.26 Å². The van der Waals surface area contributed by atoms with E-state index in [1.165, 1.54) is 4.88 Å². The molecule has 29 heavy (non-hydrogen) atoms. The molecule has 2 aromatic rings. The number of hydrogen-bond acceptors (Lipinski definition) is 4. The molecule has 2 rings (SSSR count). The second-order valence-electron chi connectivity index (χ2n) is 8.92. The molecule has 0 aliphatic rings. The van der Waals surface area contributed by atoms with Crippen LogP contribution in [-0.2, 0) is 12.0 Å². The van der Waals surface area contributed by atoms with E-state index in [2.05, 4.69) is 67.6 Å². The van der Waals surface area contributed by atoms with Gasteiger partial charge >= 0.3 is 0 Å². The Morgan fingerprint density at radius 3 is 2.52 bits per heavy atom. The van der Waals surface area contributed by atoms with Crippen molar-refractivity contribution in [3.05, 3.63) is 39.1 Å². The molecule has 0 unspecified atom stereocenters. The average Bonchev–Trinajstić information content (AvgIpc) is 2.96. The van der Waals surface area contributed by atoms with Crippen LogP contribution in [0.3, 0.4) is 0 Å². The van der Waals surface area contributed by atoms with E-state index in [4.69, 9.17) is 16.3 Å². The van der Waals surface area contributed by atoms with Gasteiger partial charge in [-0.1, -0.05) is 53.1 Å². The lowest BCUT2D eigenvalue weighted by Gasteiger charge is -2.19. The molecule has 0 aliphatic carbocycles. The zero-order valence-electron chi connectivity index (χ0n) is 18.0. The first-order valence-corrected chi connectivity index (χ1v) is 10.5. The van der Waals surface area contributed by atoms with Crippen molar-refractivity contribution in [1.82, 2.24) is 9.88 Å². The van der Waals surface area contributed by atoms with Gasteiger partial charge in [0, 0.05) is 22.6 Å². The lowest BCUT2D eigenvalue weighted by atomic mass is 9.95. The molecule has 1 N–H and O–H groups in total. The summed E-state index contributed by atoms with van der Waals surface area (Å²) in [6.45, 7) is 13.8. The smallest absolute Gasteiger partial charge is 0.239 e. The van der Waals surface area contributed by atoms with Gasteiger partial charge in [-0.25, -0.2) is 4.99 Å². The van der Waals surface area contributed by atoms with Gasteiger partial charge < -0.3 is 9.30 Å². The van der Waals surface area contributed by atoms with Crippen molar-refractivity contribution in [2.75, 3.05) is 7.11 Å². The molecule has 0 atom stereocenters. The summed E-state index contributed by atoms with van der Waals surface area (Å²) >= 11 is 7.70. The van der Waals surface area contributed by atoms with Crippen LogP contribution in [0.4, 0.5) is 5.69 Å². The molecule has 0 aliphatic heterocycles. The molecular weight excluding hydrogens is 406 g/mol. The molecule has 8 heteroatoms. The van der Waals surface area contributed by atoms with E-state index in [0.717, 1.165) is 11.3 Å². The van der Waals surface area contributed by atoms with E-state index in [1.807, 2.05) is 6.19 Å². The SMILES string of the molecule is COc1ccc(Cl)cc1N=C(/N=c1/sc(C(C)(C)C)cn1CC(C)(C)C)NC#N. The fourth-order valence-corrected chi connectivity index (χ4v) is 3.74. The topological polar surface area (TPSA) is 74.7 Å². The molecule has 156 valence electrons. The Balaban J connectivity index is 2.65. The Morgan fingerprint density at radius 1 is 1.28 bits per heavy atom. The van der Waals surface area contributed by atoms with Gasteiger partial charge in [-0.2, -0.15) is 10.3 Å². The van der Waals surface area contributed by atoms with Crippen molar-refractivity contribution < 1.29 is 4.74 Å². The highest BCUT2D eigenvalue weighted by Gasteiger charge is 2.20. The third-order valence-electron chi connectivity index (χ3n) is 3.84. The quantitative estimate of drug-likeness (QED) is 0.312. The lowest BCUT2D eigenvalue weighted by molar-refractivity contribution is 0.339. The number of hydrogen-bond donors (Lipinski definition) is 1. The maximum absolute atomic E-state index is 9.20. The van der Waals surface area contributed by atoms with Gasteiger partial charge in [0.05, 0.1) is 7.11 Å². The number of ether oxygens (including phenoxy) is 1. The monoisotopic (exact) mass is 433 g/mol. The Bertz CT molecular complexity index is 1000. The number of nitrogens with zero attached hydrogens (tertiary/aromatic N) is 4. The zero-order valence-corrected chi connectivity index (χ0v) is 19.6. The first-order chi connectivity index (χ1) is 13.4. The number of thiazole rings is 1. The maximum Gasteiger partial charge on any atom is 0.239 e. The number of rotatable bonds is 3. The van der Waals surface area contributed by atoms with Crippen LogP contribution >= 0.6 is 22.9 Å². The van der Waals surface area contributed by atoms with Gasteiger partial charge in [-0.15, -0.1) is 11.3 Å². The number of aromatic nitrogens is 1. The predicted molar refractivity (Wildman–Crippen MR) is 120 cm³/mol. The summed E-state index contributed by atoms with van der Waals surface area (Å²) in [4.78, 5) is 11.1. The summed E-state index contributed by atoms with van der Waals surface area (Å²) in [5.74, 6) is 0.726. The molecule has 0 bridgehead atoms. The highest BCUT2D eigenvalue weighted by Crippen LogP contribution is 2.30. The van der Waals surface area contributed by atoms with Crippen molar-refractivity contribution >= 4 is 34.6 Å². The van der Waals surface area contributed by atoms with Crippen molar-refractivity contribution in [3.63, 3.8) is 0 Å². The number of nitriles is 1. The molecule has 0 fully saturated rings. The van der Waals surface area contributed by atoms with E-state index >= 15 is 0 Å². The van der Waals surface area contributed by atoms with Crippen LogP contribution in [0, 0.1) is 16.9 Å². The second kappa shape index (κ2) is 9.02. The number of aliphatic imine (C=N–C) groups is 1. The molecule has 1 aromatic heterocycles. The first kappa shape index (κ1) is 23.0. The Morgan fingerprint density at radius 2 is 1.97 bits per heavy atom. The number of guanidine groups is 1. The van der Waals surface area contributed by atoms with Crippen LogP contribution < -0.4 is 14.9 Å². The van der Waals surface area contributed by atoms with E-state index in [9.17, 15) is 5.26 Å². The van der Waals surface area contributed by atoms with Crippen LogP contribution in [0.25, 0.3) is 0 Å². The molecule has 1 aromatic carbocycles. The molecule has 0 radical (unpaired) electrons. The van der Waals surface area contributed by atoms with Crippen molar-refractivity contribution in [3.8, 4) is 11.9 Å². The molecule has 6 nitrogen and oxygen atoms in total. The standard InChI is InChI=1S/C21H28ClN5OS/c1-20(2,3)12-27-11-17(21(4,5)6)29-19(27)26-18(24-13-23)25-15-10-14(22)8-9-16(15)28-7/h8-11H,12H2,1-7H3,(H,24,25)/b26-19+. The minimum Gasteiger partial charge on any atom is -0.494 e. The summed E-state index contributed by atoms with van der Waals surface area (Å²) < 4.78 is 7.47. The van der Waals surface area contributed by atoms with Gasteiger partial charge in [-0.3, -0.25) is 5.32 Å². The molecule has 0 saturated heterocycles. The van der Waals surface area contributed by atoms with Gasteiger partial charge in [0.1, 0.15) is 11.4 Å². The Hall–Kier alpha value is -2.30. The summed E-state index contributed by atoms with van der Waals surface area (Å²) in [6, 6.07) is 5.13.